The lowest BCUT2D eigenvalue weighted by molar-refractivity contribution is 1.23. The van der Waals surface area contributed by atoms with E-state index in [0.717, 1.165) is 67.9 Å². The SMILES string of the molecule is c1ccc(-c2ccc3c(c2)N(c2ccccc2-c2ccccc2)c2cc(N(c4ccccc4)c4ccccc4)cc4c2B3c2ccc([Si](c3ccccc3)(c3ccccc3)c3ccccc3)cc2N4c2cccc([Si](c3ccccc3)(c3ccccc3)c3ccccc3)c2)cc1. The van der Waals surface area contributed by atoms with Gasteiger partial charge in [-0.3, -0.25) is 0 Å². The Morgan fingerprint density at radius 3 is 1.05 bits per heavy atom. The quantitative estimate of drug-likeness (QED) is 0.0748. The predicted molar refractivity (Wildman–Crippen MR) is 413 cm³/mol. The summed E-state index contributed by atoms with van der Waals surface area (Å²) in [6.45, 7) is -0.206. The van der Waals surface area contributed by atoms with Crippen LogP contribution < -0.4 is 72.6 Å². The van der Waals surface area contributed by atoms with Crippen LogP contribution in [0, 0.1) is 0 Å². The Kier molecular flexibility index (Phi) is 15.1. The summed E-state index contributed by atoms with van der Waals surface area (Å²) in [6, 6.07) is 151. The summed E-state index contributed by atoms with van der Waals surface area (Å²) in [5.74, 6) is 0. The molecule has 15 aromatic carbocycles. The maximum absolute atomic E-state index is 3.15. The molecule has 0 bridgehead atoms. The second-order valence-corrected chi connectivity index (χ2v) is 32.7. The van der Waals surface area contributed by atoms with Crippen LogP contribution in [0.3, 0.4) is 0 Å². The van der Waals surface area contributed by atoms with Gasteiger partial charge in [0.05, 0.1) is 11.4 Å². The van der Waals surface area contributed by atoms with Crippen molar-refractivity contribution in [2.75, 3.05) is 14.7 Å². The van der Waals surface area contributed by atoms with Crippen LogP contribution in [-0.4, -0.2) is 22.9 Å². The maximum atomic E-state index is 2.68. The van der Waals surface area contributed by atoms with E-state index < -0.39 is 16.1 Å². The van der Waals surface area contributed by atoms with Crippen molar-refractivity contribution in [3.05, 3.63) is 400 Å². The second kappa shape index (κ2) is 24.9. The molecule has 2 aliphatic rings. The Bertz CT molecular complexity index is 5000. The lowest BCUT2D eigenvalue weighted by Gasteiger charge is -2.46. The van der Waals surface area contributed by atoms with Gasteiger partial charge in [-0.15, -0.1) is 0 Å². The van der Waals surface area contributed by atoms with Gasteiger partial charge in [0.1, 0.15) is 0 Å². The number of rotatable bonds is 15. The van der Waals surface area contributed by atoms with E-state index >= 15 is 0 Å². The Morgan fingerprint density at radius 2 is 0.583 bits per heavy atom. The highest BCUT2D eigenvalue weighted by molar-refractivity contribution is 7.20. The first-order chi connectivity index (χ1) is 47.7. The fourth-order valence-electron chi connectivity index (χ4n) is 15.8. The molecule has 452 valence electrons. The molecule has 0 spiro atoms. The Hall–Kier alpha value is -11.8. The van der Waals surface area contributed by atoms with Crippen LogP contribution in [0.15, 0.2) is 400 Å². The van der Waals surface area contributed by atoms with Gasteiger partial charge in [0.25, 0.3) is 6.71 Å². The van der Waals surface area contributed by atoms with Crippen LogP contribution in [0.25, 0.3) is 22.3 Å². The van der Waals surface area contributed by atoms with E-state index in [1.807, 2.05) is 0 Å². The van der Waals surface area contributed by atoms with Crippen molar-refractivity contribution in [3.63, 3.8) is 0 Å². The van der Waals surface area contributed by atoms with Crippen molar-refractivity contribution in [2.24, 2.45) is 0 Å². The maximum Gasteiger partial charge on any atom is 0.252 e. The fourth-order valence-corrected chi connectivity index (χ4v) is 25.4. The van der Waals surface area contributed by atoms with E-state index in [2.05, 4.69) is 415 Å². The smallest absolute Gasteiger partial charge is 0.252 e. The van der Waals surface area contributed by atoms with Crippen molar-refractivity contribution in [2.45, 2.75) is 0 Å². The van der Waals surface area contributed by atoms with Gasteiger partial charge in [0, 0.05) is 45.4 Å². The lowest BCUT2D eigenvalue weighted by atomic mass is 9.33. The van der Waals surface area contributed by atoms with E-state index in [1.165, 1.54) is 63.4 Å². The Balaban J connectivity index is 1.04. The zero-order valence-electron chi connectivity index (χ0n) is 53.0. The molecule has 0 radical (unpaired) electrons. The fraction of sp³-hybridized carbons (Fsp3) is 0. The first kappa shape index (κ1) is 58.1. The van der Waals surface area contributed by atoms with Crippen LogP contribution in [0.1, 0.15) is 0 Å². The summed E-state index contributed by atoms with van der Waals surface area (Å²) >= 11 is 0. The zero-order chi connectivity index (χ0) is 63.8. The van der Waals surface area contributed by atoms with Crippen LogP contribution >= 0.6 is 0 Å². The summed E-state index contributed by atoms with van der Waals surface area (Å²) in [4.78, 5) is 7.75. The van der Waals surface area contributed by atoms with Gasteiger partial charge in [-0.05, 0) is 141 Å². The van der Waals surface area contributed by atoms with Crippen LogP contribution in [0.2, 0.25) is 0 Å². The van der Waals surface area contributed by atoms with Crippen molar-refractivity contribution in [3.8, 4) is 22.3 Å². The number of nitrogens with zero attached hydrogens (tertiary/aromatic N) is 3. The monoisotopic (exact) mass is 1260 g/mol. The number of para-hydroxylation sites is 3. The molecule has 0 amide bonds. The molecule has 17 rings (SSSR count). The van der Waals surface area contributed by atoms with Gasteiger partial charge >= 0.3 is 0 Å². The van der Waals surface area contributed by atoms with Gasteiger partial charge in [-0.25, -0.2) is 0 Å². The molecule has 15 aromatic rings. The summed E-state index contributed by atoms with van der Waals surface area (Å²) in [5, 5.41) is 10.5. The standard InChI is InChI=1S/C90H66BN3Si2/c1-11-34-67(35-12-1)69-58-60-83-86(62-69)94(85-57-32-31-56-82(85)68-36-13-2-14-37-68)89-65-73(92(70-38-15-3-16-39-70)71-40-17-4-18-41-71)64-88-90(89)91(83)84-61-59-81(96(77-49-25-8-26-50-77,78-51-27-9-28-52-78)79-53-29-10-30-54-79)66-87(84)93(88)72-42-33-55-80(63-72)95(74-43-19-5-20-44-74,75-45-21-6-22-46-75)76-47-23-7-24-48-76/h1-66H. The van der Waals surface area contributed by atoms with Gasteiger partial charge in [-0.2, -0.15) is 0 Å². The van der Waals surface area contributed by atoms with Crippen LogP contribution in [-0.2, 0) is 0 Å². The van der Waals surface area contributed by atoms with E-state index in [-0.39, 0.29) is 6.71 Å². The van der Waals surface area contributed by atoms with E-state index in [4.69, 9.17) is 0 Å². The molecule has 0 saturated heterocycles. The molecule has 3 nitrogen and oxygen atoms in total. The Labute approximate surface area is 565 Å². The third kappa shape index (κ3) is 9.80. The molecule has 0 unspecified atom stereocenters. The molecule has 96 heavy (non-hydrogen) atoms. The first-order valence-electron chi connectivity index (χ1n) is 33.3. The molecule has 6 heteroatoms. The highest BCUT2D eigenvalue weighted by Crippen LogP contribution is 2.50. The normalized spacial score (nSPS) is 12.3. The minimum absolute atomic E-state index is 0.206. The van der Waals surface area contributed by atoms with Crippen molar-refractivity contribution >= 4 is 132 Å². The molecule has 0 N–H and O–H groups in total. The van der Waals surface area contributed by atoms with Crippen molar-refractivity contribution < 1.29 is 0 Å². The highest BCUT2D eigenvalue weighted by atomic mass is 28.3. The van der Waals surface area contributed by atoms with Crippen molar-refractivity contribution in [1.29, 1.82) is 0 Å². The average Bonchev–Trinajstić information content (AvgIpc) is 0.695. The van der Waals surface area contributed by atoms with E-state index in [9.17, 15) is 0 Å². The summed E-state index contributed by atoms with van der Waals surface area (Å²) in [7, 11) is -6.25. The predicted octanol–water partition coefficient (Wildman–Crippen LogP) is 15.3. The third-order valence-electron chi connectivity index (χ3n) is 19.9. The average molecular weight is 1260 g/mol. The summed E-state index contributed by atoms with van der Waals surface area (Å²) in [6.07, 6.45) is 0. The summed E-state index contributed by atoms with van der Waals surface area (Å²) in [5.41, 5.74) is 18.2. The van der Waals surface area contributed by atoms with Crippen molar-refractivity contribution in [1.82, 2.24) is 0 Å². The van der Waals surface area contributed by atoms with E-state index in [0.29, 0.717) is 0 Å². The minimum Gasteiger partial charge on any atom is -0.311 e. The van der Waals surface area contributed by atoms with Crippen LogP contribution in [0.5, 0.6) is 0 Å². The molecule has 0 aromatic heterocycles. The van der Waals surface area contributed by atoms with Gasteiger partial charge in [0.15, 0.2) is 16.1 Å². The van der Waals surface area contributed by atoms with Gasteiger partial charge < -0.3 is 14.7 Å². The number of benzene rings is 15. The third-order valence-corrected chi connectivity index (χ3v) is 29.4. The molecule has 0 aliphatic carbocycles. The second-order valence-electron chi connectivity index (χ2n) is 25.1. The molecular formula is C90H66BN3Si2. The number of hydrogen-bond donors (Lipinski definition) is 0. The number of anilines is 9. The van der Waals surface area contributed by atoms with E-state index in [1.54, 1.807) is 0 Å². The number of fused-ring (bicyclic) bond motifs is 4. The lowest BCUT2D eigenvalue weighted by Crippen LogP contribution is -2.75. The molecule has 0 fully saturated rings. The van der Waals surface area contributed by atoms with Gasteiger partial charge in [-0.1, -0.05) is 334 Å². The molecule has 2 aliphatic heterocycles. The topological polar surface area (TPSA) is 9.72 Å². The first-order valence-corrected chi connectivity index (χ1v) is 37.3. The molecule has 2 heterocycles. The molecular weight excluding hydrogens is 1190 g/mol. The molecule has 0 atom stereocenters. The zero-order valence-corrected chi connectivity index (χ0v) is 55.0. The van der Waals surface area contributed by atoms with Gasteiger partial charge in [0.2, 0.25) is 0 Å². The summed E-state index contributed by atoms with van der Waals surface area (Å²) < 4.78 is 0. The highest BCUT2D eigenvalue weighted by Gasteiger charge is 2.48. The largest absolute Gasteiger partial charge is 0.311 e. The number of hydrogen-bond acceptors (Lipinski definition) is 3. The minimum atomic E-state index is -3.15. The molecule has 0 saturated carbocycles. The van der Waals surface area contributed by atoms with Crippen LogP contribution in [0.4, 0.5) is 51.2 Å². The Morgan fingerprint density at radius 1 is 0.219 bits per heavy atom.